The minimum Gasteiger partial charge on any atom is -0.476 e. The van der Waals surface area contributed by atoms with Gasteiger partial charge in [0.15, 0.2) is 5.69 Å². The smallest absolute Gasteiger partial charge is 0.356 e. The van der Waals surface area contributed by atoms with Gasteiger partial charge in [0.05, 0.1) is 6.54 Å². The van der Waals surface area contributed by atoms with E-state index in [1.165, 1.54) is 4.68 Å². The lowest BCUT2D eigenvalue weighted by Crippen LogP contribution is -2.07. The number of nitrogens with zero attached hydrogens (tertiary/aromatic N) is 2. The molecule has 1 N–H and O–H groups in total. The van der Waals surface area contributed by atoms with Gasteiger partial charge in [-0.2, -0.15) is 5.10 Å². The van der Waals surface area contributed by atoms with Crippen LogP contribution in [0, 0.1) is 0 Å². The first kappa shape index (κ1) is 10.9. The molecule has 2 rings (SSSR count). The molecule has 1 aromatic heterocycles. The molecule has 0 aromatic carbocycles. The van der Waals surface area contributed by atoms with E-state index in [9.17, 15) is 9.59 Å². The molecular weight excluding hydrogens is 208 g/mol. The summed E-state index contributed by atoms with van der Waals surface area (Å²) in [6, 6.07) is 0. The van der Waals surface area contributed by atoms with Crippen LogP contribution in [0.25, 0.3) is 0 Å². The zero-order chi connectivity index (χ0) is 11.5. The lowest BCUT2D eigenvalue weighted by molar-refractivity contribution is -0.108. The van der Waals surface area contributed by atoms with E-state index in [0.717, 1.165) is 49.6 Å². The van der Waals surface area contributed by atoms with E-state index in [2.05, 4.69) is 5.10 Å². The average molecular weight is 222 g/mol. The fraction of sp³-hybridized carbons (Fsp3) is 0.545. The molecule has 1 aliphatic rings. The number of aromatic nitrogens is 2. The molecular formula is C11H14N2O3. The molecule has 16 heavy (non-hydrogen) atoms. The molecule has 0 radical (unpaired) electrons. The van der Waals surface area contributed by atoms with Crippen molar-refractivity contribution in [2.75, 3.05) is 0 Å². The van der Waals surface area contributed by atoms with Gasteiger partial charge in [0.25, 0.3) is 0 Å². The highest BCUT2D eigenvalue weighted by atomic mass is 16.4. The number of fused-ring (bicyclic) bond motifs is 1. The minimum absolute atomic E-state index is 0.124. The molecule has 1 aliphatic carbocycles. The first-order valence-electron chi connectivity index (χ1n) is 5.49. The van der Waals surface area contributed by atoms with E-state index >= 15 is 0 Å². The number of aldehydes is 1. The fourth-order valence-corrected chi connectivity index (χ4v) is 2.24. The SMILES string of the molecule is O=CCn1nc(C(=O)O)c2c1CCCCC2. The van der Waals surface area contributed by atoms with Gasteiger partial charge in [0.1, 0.15) is 6.29 Å². The van der Waals surface area contributed by atoms with E-state index in [1.54, 1.807) is 0 Å². The number of carbonyl (C=O) groups excluding carboxylic acids is 1. The third-order valence-corrected chi connectivity index (χ3v) is 2.96. The lowest BCUT2D eigenvalue weighted by atomic mass is 10.1. The molecule has 0 bridgehead atoms. The second-order valence-corrected chi connectivity index (χ2v) is 3.99. The van der Waals surface area contributed by atoms with Crippen LogP contribution in [0.2, 0.25) is 0 Å². The van der Waals surface area contributed by atoms with Gasteiger partial charge in [0, 0.05) is 11.3 Å². The topological polar surface area (TPSA) is 72.2 Å². The number of rotatable bonds is 3. The maximum absolute atomic E-state index is 11.0. The predicted molar refractivity (Wildman–Crippen MR) is 56.5 cm³/mol. The van der Waals surface area contributed by atoms with Gasteiger partial charge in [-0.05, 0) is 25.7 Å². The monoisotopic (exact) mass is 222 g/mol. The van der Waals surface area contributed by atoms with Crippen molar-refractivity contribution >= 4 is 12.3 Å². The Morgan fingerprint density at radius 1 is 1.38 bits per heavy atom. The summed E-state index contributed by atoms with van der Waals surface area (Å²) < 4.78 is 1.54. The molecule has 5 nitrogen and oxygen atoms in total. The summed E-state index contributed by atoms with van der Waals surface area (Å²) in [5, 5.41) is 13.1. The predicted octanol–water partition coefficient (Wildman–Crippen LogP) is 1.05. The molecule has 5 heteroatoms. The Labute approximate surface area is 93.1 Å². The van der Waals surface area contributed by atoms with Gasteiger partial charge in [-0.1, -0.05) is 6.42 Å². The highest BCUT2D eigenvalue weighted by molar-refractivity contribution is 5.87. The van der Waals surface area contributed by atoms with Crippen LogP contribution >= 0.6 is 0 Å². The second-order valence-electron chi connectivity index (χ2n) is 3.99. The van der Waals surface area contributed by atoms with Crippen molar-refractivity contribution in [2.24, 2.45) is 0 Å². The summed E-state index contributed by atoms with van der Waals surface area (Å²) in [5.74, 6) is -0.997. The van der Waals surface area contributed by atoms with Crippen LogP contribution in [-0.2, 0) is 24.2 Å². The fourth-order valence-electron chi connectivity index (χ4n) is 2.24. The zero-order valence-corrected chi connectivity index (χ0v) is 8.98. The van der Waals surface area contributed by atoms with Crippen LogP contribution in [0.4, 0.5) is 0 Å². The van der Waals surface area contributed by atoms with Crippen LogP contribution in [-0.4, -0.2) is 27.1 Å². The molecule has 0 fully saturated rings. The Morgan fingerprint density at radius 2 is 2.12 bits per heavy atom. The van der Waals surface area contributed by atoms with Crippen molar-refractivity contribution in [2.45, 2.75) is 38.6 Å². The molecule has 0 unspecified atom stereocenters. The number of carboxylic acids is 1. The number of hydrogen-bond donors (Lipinski definition) is 1. The third-order valence-electron chi connectivity index (χ3n) is 2.96. The van der Waals surface area contributed by atoms with Gasteiger partial charge in [0.2, 0.25) is 0 Å². The molecule has 0 amide bonds. The van der Waals surface area contributed by atoms with Crippen LogP contribution < -0.4 is 0 Å². The molecule has 0 saturated carbocycles. The maximum atomic E-state index is 11.0. The van der Waals surface area contributed by atoms with Crippen molar-refractivity contribution in [1.82, 2.24) is 9.78 Å². The summed E-state index contributed by atoms with van der Waals surface area (Å²) in [4.78, 5) is 21.6. The zero-order valence-electron chi connectivity index (χ0n) is 8.98. The number of hydrogen-bond acceptors (Lipinski definition) is 3. The largest absolute Gasteiger partial charge is 0.476 e. The van der Waals surface area contributed by atoms with Crippen molar-refractivity contribution in [1.29, 1.82) is 0 Å². The summed E-state index contributed by atoms with van der Waals surface area (Å²) in [5.41, 5.74) is 1.88. The Balaban J connectivity index is 2.48. The van der Waals surface area contributed by atoms with Gasteiger partial charge < -0.3 is 9.90 Å². The Morgan fingerprint density at radius 3 is 2.81 bits per heavy atom. The van der Waals surface area contributed by atoms with Gasteiger partial charge in [-0.3, -0.25) is 4.68 Å². The van der Waals surface area contributed by atoms with Crippen molar-refractivity contribution in [3.05, 3.63) is 17.0 Å². The maximum Gasteiger partial charge on any atom is 0.356 e. The average Bonchev–Trinajstić information content (AvgIpc) is 2.46. The standard InChI is InChI=1S/C11H14N2O3/c14-7-6-13-9-5-3-1-2-4-8(9)10(12-13)11(15)16/h7H,1-6H2,(H,15,16). The van der Waals surface area contributed by atoms with Gasteiger partial charge >= 0.3 is 5.97 Å². The quantitative estimate of drug-likeness (QED) is 0.613. The molecule has 1 heterocycles. The van der Waals surface area contributed by atoms with Crippen LogP contribution in [0.5, 0.6) is 0 Å². The summed E-state index contributed by atoms with van der Waals surface area (Å²) in [7, 11) is 0. The first-order valence-corrected chi connectivity index (χ1v) is 5.49. The van der Waals surface area contributed by atoms with Crippen LogP contribution in [0.3, 0.4) is 0 Å². The summed E-state index contributed by atoms with van der Waals surface area (Å²) in [6.45, 7) is 0.148. The summed E-state index contributed by atoms with van der Waals surface area (Å²) >= 11 is 0. The van der Waals surface area contributed by atoms with Gasteiger partial charge in [-0.25, -0.2) is 4.79 Å². The Bertz CT molecular complexity index is 423. The normalized spacial score (nSPS) is 15.2. The molecule has 0 atom stereocenters. The number of carbonyl (C=O) groups is 2. The molecule has 0 spiro atoms. The molecule has 0 aliphatic heterocycles. The van der Waals surface area contributed by atoms with E-state index < -0.39 is 5.97 Å². The number of aromatic carboxylic acids is 1. The highest BCUT2D eigenvalue weighted by Gasteiger charge is 2.23. The summed E-state index contributed by atoms with van der Waals surface area (Å²) in [6.07, 6.45) is 5.48. The molecule has 86 valence electrons. The Kier molecular flexibility index (Phi) is 3.03. The highest BCUT2D eigenvalue weighted by Crippen LogP contribution is 2.23. The van der Waals surface area contributed by atoms with Gasteiger partial charge in [-0.15, -0.1) is 0 Å². The van der Waals surface area contributed by atoms with E-state index in [4.69, 9.17) is 5.11 Å². The van der Waals surface area contributed by atoms with E-state index in [0.29, 0.717) is 0 Å². The van der Waals surface area contributed by atoms with Crippen molar-refractivity contribution in [3.63, 3.8) is 0 Å². The van der Waals surface area contributed by atoms with Crippen LogP contribution in [0.15, 0.2) is 0 Å². The van der Waals surface area contributed by atoms with E-state index in [1.807, 2.05) is 0 Å². The second kappa shape index (κ2) is 4.47. The minimum atomic E-state index is -0.997. The number of carboxylic acid groups (broad SMARTS) is 1. The first-order chi connectivity index (χ1) is 7.74. The molecule has 1 aromatic rings. The van der Waals surface area contributed by atoms with E-state index in [-0.39, 0.29) is 12.2 Å². The van der Waals surface area contributed by atoms with Crippen molar-refractivity contribution in [3.8, 4) is 0 Å². The van der Waals surface area contributed by atoms with Crippen LogP contribution in [0.1, 0.15) is 41.0 Å². The van der Waals surface area contributed by atoms with Crippen molar-refractivity contribution < 1.29 is 14.7 Å². The lowest BCUT2D eigenvalue weighted by Gasteiger charge is -2.02. The Hall–Kier alpha value is -1.65. The third kappa shape index (κ3) is 1.85. The molecule has 0 saturated heterocycles.